The topological polar surface area (TPSA) is 15.3 Å². The van der Waals surface area contributed by atoms with Crippen LogP contribution in [-0.2, 0) is 12.8 Å². The van der Waals surface area contributed by atoms with E-state index < -0.39 is 0 Å². The number of anilines is 2. The quantitative estimate of drug-likeness (QED) is 0.838. The Morgan fingerprint density at radius 3 is 2.32 bits per heavy atom. The van der Waals surface area contributed by atoms with Crippen molar-refractivity contribution in [3.8, 4) is 0 Å². The van der Waals surface area contributed by atoms with Gasteiger partial charge in [0.2, 0.25) is 0 Å². The zero-order valence-corrected chi connectivity index (χ0v) is 12.7. The van der Waals surface area contributed by atoms with E-state index in [9.17, 15) is 0 Å². The van der Waals surface area contributed by atoms with Crippen LogP contribution >= 0.6 is 12.4 Å². The van der Waals surface area contributed by atoms with E-state index in [0.29, 0.717) is 0 Å². The van der Waals surface area contributed by atoms with Gasteiger partial charge in [0.1, 0.15) is 0 Å². The molecule has 0 atom stereocenters. The van der Waals surface area contributed by atoms with Gasteiger partial charge in [0, 0.05) is 31.0 Å². The maximum atomic E-state index is 3.59. The molecule has 0 radical (unpaired) electrons. The van der Waals surface area contributed by atoms with Crippen molar-refractivity contribution in [2.24, 2.45) is 0 Å². The highest BCUT2D eigenvalue weighted by atomic mass is 35.5. The van der Waals surface area contributed by atoms with Crippen LogP contribution in [0, 0.1) is 0 Å². The van der Waals surface area contributed by atoms with E-state index >= 15 is 0 Å². The molecule has 2 aliphatic heterocycles. The predicted molar refractivity (Wildman–Crippen MR) is 85.9 cm³/mol. The van der Waals surface area contributed by atoms with Crippen LogP contribution in [0.15, 0.2) is 12.1 Å². The lowest BCUT2D eigenvalue weighted by molar-refractivity contribution is 0.634. The van der Waals surface area contributed by atoms with Crippen LogP contribution < -0.4 is 10.2 Å². The van der Waals surface area contributed by atoms with Gasteiger partial charge in [-0.1, -0.05) is 13.3 Å². The highest BCUT2D eigenvalue weighted by Gasteiger charge is 2.23. The fourth-order valence-corrected chi connectivity index (χ4v) is 3.32. The van der Waals surface area contributed by atoms with Gasteiger partial charge in [0.05, 0.1) is 0 Å². The molecule has 0 aromatic heterocycles. The smallest absolute Gasteiger partial charge is 0.0432 e. The Labute approximate surface area is 123 Å². The van der Waals surface area contributed by atoms with Crippen LogP contribution in [0.2, 0.25) is 0 Å². The van der Waals surface area contributed by atoms with Crippen molar-refractivity contribution < 1.29 is 0 Å². The van der Waals surface area contributed by atoms with Crippen molar-refractivity contribution in [3.05, 3.63) is 23.3 Å². The van der Waals surface area contributed by atoms with E-state index in [4.69, 9.17) is 0 Å². The van der Waals surface area contributed by atoms with Crippen molar-refractivity contribution in [3.63, 3.8) is 0 Å². The molecule has 3 heteroatoms. The van der Waals surface area contributed by atoms with Gasteiger partial charge >= 0.3 is 0 Å². The molecule has 2 aliphatic rings. The summed E-state index contributed by atoms with van der Waals surface area (Å²) in [5, 5.41) is 3.59. The van der Waals surface area contributed by atoms with E-state index in [1.807, 2.05) is 0 Å². The summed E-state index contributed by atoms with van der Waals surface area (Å²) in [6.07, 6.45) is 7.71. The Bertz CT molecular complexity index is 400. The molecular weight excluding hydrogens is 256 g/mol. The molecule has 0 amide bonds. The van der Waals surface area contributed by atoms with Gasteiger partial charge in [0.25, 0.3) is 0 Å². The first kappa shape index (κ1) is 14.5. The molecule has 0 saturated heterocycles. The van der Waals surface area contributed by atoms with Crippen molar-refractivity contribution in [1.82, 2.24) is 0 Å². The monoisotopic (exact) mass is 280 g/mol. The third-order valence-corrected chi connectivity index (χ3v) is 4.19. The van der Waals surface area contributed by atoms with E-state index in [0.717, 1.165) is 6.54 Å². The maximum absolute atomic E-state index is 3.59. The van der Waals surface area contributed by atoms with Crippen LogP contribution in [0.1, 0.15) is 43.7 Å². The number of nitrogens with zero attached hydrogens (tertiary/aromatic N) is 1. The summed E-state index contributed by atoms with van der Waals surface area (Å²) in [7, 11) is 0. The number of hydrogen-bond donors (Lipinski definition) is 1. The number of benzene rings is 1. The fraction of sp³-hybridized carbons (Fsp3) is 0.625. The number of unbranched alkanes of at least 4 members (excludes halogenated alkanes) is 1. The average molecular weight is 281 g/mol. The van der Waals surface area contributed by atoms with Crippen molar-refractivity contribution in [2.45, 2.75) is 45.4 Å². The first-order chi connectivity index (χ1) is 8.88. The molecular formula is C16H25ClN2. The second kappa shape index (κ2) is 6.51. The predicted octanol–water partition coefficient (Wildman–Crippen LogP) is 4.02. The molecule has 0 bridgehead atoms. The van der Waals surface area contributed by atoms with Crippen LogP contribution in [0.25, 0.3) is 0 Å². The van der Waals surface area contributed by atoms with E-state index in [-0.39, 0.29) is 12.4 Å². The van der Waals surface area contributed by atoms with Gasteiger partial charge in [-0.2, -0.15) is 0 Å². The summed E-state index contributed by atoms with van der Waals surface area (Å²) in [5.41, 5.74) is 6.09. The zero-order chi connectivity index (χ0) is 12.4. The first-order valence-electron chi connectivity index (χ1n) is 7.53. The SMILES string of the molecule is CCCCNc1cc2c3c(c1)CCCN3CCC2.Cl. The first-order valence-corrected chi connectivity index (χ1v) is 7.53. The molecule has 19 heavy (non-hydrogen) atoms. The van der Waals surface area contributed by atoms with Gasteiger partial charge in [-0.15, -0.1) is 12.4 Å². The molecule has 0 fully saturated rings. The minimum absolute atomic E-state index is 0. The summed E-state index contributed by atoms with van der Waals surface area (Å²) in [5.74, 6) is 0. The lowest BCUT2D eigenvalue weighted by Gasteiger charge is -2.37. The van der Waals surface area contributed by atoms with E-state index in [1.54, 1.807) is 16.8 Å². The summed E-state index contributed by atoms with van der Waals surface area (Å²) in [6.45, 7) is 5.89. The van der Waals surface area contributed by atoms with E-state index in [2.05, 4.69) is 29.3 Å². The summed E-state index contributed by atoms with van der Waals surface area (Å²) >= 11 is 0. The number of aryl methyl sites for hydroxylation is 2. The third kappa shape index (κ3) is 3.00. The Balaban J connectivity index is 0.00000133. The summed E-state index contributed by atoms with van der Waals surface area (Å²) in [6, 6.07) is 4.79. The van der Waals surface area contributed by atoms with Gasteiger partial charge in [-0.25, -0.2) is 0 Å². The summed E-state index contributed by atoms with van der Waals surface area (Å²) in [4.78, 5) is 2.60. The molecule has 0 unspecified atom stereocenters. The Morgan fingerprint density at radius 1 is 1.11 bits per heavy atom. The molecule has 106 valence electrons. The Hall–Kier alpha value is -0.890. The highest BCUT2D eigenvalue weighted by Crippen LogP contribution is 2.37. The Morgan fingerprint density at radius 2 is 1.74 bits per heavy atom. The molecule has 3 rings (SSSR count). The van der Waals surface area contributed by atoms with Crippen molar-refractivity contribution >= 4 is 23.8 Å². The second-order valence-corrected chi connectivity index (χ2v) is 5.62. The highest BCUT2D eigenvalue weighted by molar-refractivity contribution is 5.85. The lowest BCUT2D eigenvalue weighted by atomic mass is 9.91. The fourth-order valence-electron chi connectivity index (χ4n) is 3.32. The van der Waals surface area contributed by atoms with Crippen molar-refractivity contribution in [2.75, 3.05) is 29.9 Å². The number of halogens is 1. The zero-order valence-electron chi connectivity index (χ0n) is 11.9. The molecule has 2 nitrogen and oxygen atoms in total. The maximum Gasteiger partial charge on any atom is 0.0432 e. The average Bonchev–Trinajstić information content (AvgIpc) is 2.40. The molecule has 0 saturated carbocycles. The van der Waals surface area contributed by atoms with Crippen LogP contribution in [0.4, 0.5) is 11.4 Å². The number of rotatable bonds is 4. The van der Waals surface area contributed by atoms with Crippen molar-refractivity contribution in [1.29, 1.82) is 0 Å². The van der Waals surface area contributed by atoms with Gasteiger partial charge < -0.3 is 10.2 Å². The molecule has 1 aromatic carbocycles. The number of nitrogens with one attached hydrogen (secondary N) is 1. The normalized spacial score (nSPS) is 16.6. The largest absolute Gasteiger partial charge is 0.385 e. The summed E-state index contributed by atoms with van der Waals surface area (Å²) < 4.78 is 0. The minimum Gasteiger partial charge on any atom is -0.385 e. The van der Waals surface area contributed by atoms with Crippen LogP contribution in [0.5, 0.6) is 0 Å². The molecule has 2 heterocycles. The van der Waals surface area contributed by atoms with Gasteiger partial charge in [-0.05, 0) is 55.4 Å². The minimum atomic E-state index is 0. The lowest BCUT2D eigenvalue weighted by Crippen LogP contribution is -2.34. The molecule has 0 spiro atoms. The standard InChI is InChI=1S/C16H24N2.ClH/c1-2-3-8-17-15-11-13-6-4-9-18-10-5-7-14(12-15)16(13)18;/h11-12,17H,2-10H2,1H3;1H. The second-order valence-electron chi connectivity index (χ2n) is 5.62. The van der Waals surface area contributed by atoms with Crippen LogP contribution in [0.3, 0.4) is 0 Å². The Kier molecular flexibility index (Phi) is 4.98. The molecule has 1 N–H and O–H groups in total. The van der Waals surface area contributed by atoms with Gasteiger partial charge in [0.15, 0.2) is 0 Å². The third-order valence-electron chi connectivity index (χ3n) is 4.19. The molecule has 1 aromatic rings. The molecule has 0 aliphatic carbocycles. The van der Waals surface area contributed by atoms with Gasteiger partial charge in [-0.3, -0.25) is 0 Å². The van der Waals surface area contributed by atoms with E-state index in [1.165, 1.54) is 57.3 Å². The van der Waals surface area contributed by atoms with Crippen LogP contribution in [-0.4, -0.2) is 19.6 Å². The number of hydrogen-bond acceptors (Lipinski definition) is 2.